The van der Waals surface area contributed by atoms with Crippen LogP contribution in [0.15, 0.2) is 81.8 Å². The summed E-state index contributed by atoms with van der Waals surface area (Å²) in [5.41, 5.74) is 5.17. The van der Waals surface area contributed by atoms with Gasteiger partial charge in [0.2, 0.25) is 0 Å². The number of amides is 2. The highest BCUT2D eigenvalue weighted by Crippen LogP contribution is 2.44. The third-order valence-electron chi connectivity index (χ3n) is 8.47. The van der Waals surface area contributed by atoms with E-state index in [0.717, 1.165) is 83.1 Å². The number of imide groups is 1. The fourth-order valence-electron chi connectivity index (χ4n) is 6.41. The Labute approximate surface area is 281 Å². The Balaban J connectivity index is 0.000000291. The predicted molar refractivity (Wildman–Crippen MR) is 186 cm³/mol. The largest absolute Gasteiger partial charge is 0.497 e. The molecule has 0 spiro atoms. The second-order valence-corrected chi connectivity index (χ2v) is 13.3. The summed E-state index contributed by atoms with van der Waals surface area (Å²) in [6.45, 7) is 1.62. The van der Waals surface area contributed by atoms with Crippen molar-refractivity contribution in [3.8, 4) is 5.75 Å². The number of carbonyl (C=O) groups excluding carboxylic acids is 3. The van der Waals surface area contributed by atoms with Crippen LogP contribution in [0, 0.1) is 0 Å². The molecule has 0 saturated heterocycles. The Kier molecular flexibility index (Phi) is 7.94. The van der Waals surface area contributed by atoms with Crippen LogP contribution < -0.4 is 4.74 Å². The van der Waals surface area contributed by atoms with Crippen LogP contribution in [0.3, 0.4) is 0 Å². The Morgan fingerprint density at radius 2 is 1.43 bits per heavy atom. The molecule has 8 rings (SSSR count). The van der Waals surface area contributed by atoms with E-state index < -0.39 is 0 Å². The van der Waals surface area contributed by atoms with E-state index in [4.69, 9.17) is 9.47 Å². The molecule has 1 unspecified atom stereocenters. The van der Waals surface area contributed by atoms with Crippen LogP contribution in [-0.4, -0.2) is 45.9 Å². The maximum Gasteiger partial charge on any atom is 0.303 e. The van der Waals surface area contributed by atoms with Gasteiger partial charge in [0.05, 0.1) is 35.8 Å². The lowest BCUT2D eigenvalue weighted by Gasteiger charge is -2.15. The molecule has 6 aromatic rings. The number of halogens is 2. The summed E-state index contributed by atoms with van der Waals surface area (Å²) < 4.78 is 12.0. The zero-order valence-electron chi connectivity index (χ0n) is 25.1. The SMILES string of the molecule is CC(=O)OC1C=CCCC1.COc1ccc(CN2C(=O)c3c(c4c5cc(Br)ccc5[nH]c4c4[nH]c5ccc(Br)cc5c34)C2=O)cc1. The second-order valence-electron chi connectivity index (χ2n) is 11.4. The minimum atomic E-state index is -0.289. The third kappa shape index (κ3) is 5.29. The maximum absolute atomic E-state index is 14.0. The van der Waals surface area contributed by atoms with Crippen molar-refractivity contribution in [2.24, 2.45) is 0 Å². The van der Waals surface area contributed by atoms with Crippen molar-refractivity contribution in [1.29, 1.82) is 0 Å². The first-order valence-corrected chi connectivity index (χ1v) is 16.5. The van der Waals surface area contributed by atoms with Gasteiger partial charge in [0.25, 0.3) is 11.8 Å². The van der Waals surface area contributed by atoms with Crippen molar-refractivity contribution in [1.82, 2.24) is 14.9 Å². The van der Waals surface area contributed by atoms with E-state index in [9.17, 15) is 14.4 Å². The molecule has 3 heterocycles. The zero-order chi connectivity index (χ0) is 32.1. The lowest BCUT2D eigenvalue weighted by atomic mass is 9.97. The number of nitrogens with one attached hydrogen (secondary N) is 2. The van der Waals surface area contributed by atoms with Crippen molar-refractivity contribution in [2.45, 2.75) is 38.8 Å². The molecule has 8 nitrogen and oxygen atoms in total. The lowest BCUT2D eigenvalue weighted by Crippen LogP contribution is -2.29. The normalized spacial score (nSPS) is 15.9. The Morgan fingerprint density at radius 3 is 1.91 bits per heavy atom. The van der Waals surface area contributed by atoms with Gasteiger partial charge in [-0.25, -0.2) is 0 Å². The fraction of sp³-hybridized carbons (Fsp3) is 0.194. The smallest absolute Gasteiger partial charge is 0.303 e. The Hall–Kier alpha value is -4.41. The van der Waals surface area contributed by atoms with E-state index in [-0.39, 0.29) is 30.4 Å². The van der Waals surface area contributed by atoms with Crippen molar-refractivity contribution in [3.63, 3.8) is 0 Å². The van der Waals surface area contributed by atoms with Crippen LogP contribution in [0.4, 0.5) is 0 Å². The number of ether oxygens (including phenoxy) is 2. The van der Waals surface area contributed by atoms with E-state index in [1.165, 1.54) is 11.8 Å². The molecule has 0 saturated carbocycles. The molecule has 46 heavy (non-hydrogen) atoms. The van der Waals surface area contributed by atoms with Crippen LogP contribution in [0.2, 0.25) is 0 Å². The summed E-state index contributed by atoms with van der Waals surface area (Å²) in [6.07, 6.45) is 7.32. The van der Waals surface area contributed by atoms with E-state index >= 15 is 0 Å². The van der Waals surface area contributed by atoms with Gasteiger partial charge in [0.1, 0.15) is 11.9 Å². The number of hydrogen-bond acceptors (Lipinski definition) is 5. The van der Waals surface area contributed by atoms with Crippen molar-refractivity contribution in [3.05, 3.63) is 98.5 Å². The van der Waals surface area contributed by atoms with Gasteiger partial charge in [-0.15, -0.1) is 0 Å². The molecule has 4 aromatic carbocycles. The van der Waals surface area contributed by atoms with Crippen LogP contribution in [0.5, 0.6) is 5.75 Å². The minimum absolute atomic E-state index is 0.0475. The number of fused-ring (bicyclic) bond motifs is 10. The number of rotatable bonds is 4. The van der Waals surface area contributed by atoms with Gasteiger partial charge in [-0.05, 0) is 79.4 Å². The molecule has 232 valence electrons. The average Bonchev–Trinajstić information content (AvgIpc) is 3.68. The minimum Gasteiger partial charge on any atom is -0.497 e. The van der Waals surface area contributed by atoms with Gasteiger partial charge in [-0.1, -0.05) is 50.1 Å². The predicted octanol–water partition coefficient (Wildman–Crippen LogP) is 8.94. The number of methoxy groups -OCH3 is 1. The van der Waals surface area contributed by atoms with Crippen LogP contribution >= 0.6 is 31.9 Å². The van der Waals surface area contributed by atoms with Gasteiger partial charge in [-0.2, -0.15) is 0 Å². The summed E-state index contributed by atoms with van der Waals surface area (Å²) in [6, 6.07) is 19.3. The molecule has 0 bridgehead atoms. The van der Waals surface area contributed by atoms with Gasteiger partial charge >= 0.3 is 5.97 Å². The molecule has 1 atom stereocenters. The van der Waals surface area contributed by atoms with Crippen molar-refractivity contribution >= 4 is 93.3 Å². The molecular formula is C36H29Br2N3O5. The molecule has 10 heteroatoms. The molecule has 1 aliphatic carbocycles. The molecular weight excluding hydrogens is 714 g/mol. The fourth-order valence-corrected chi connectivity index (χ4v) is 7.13. The number of nitrogens with zero attached hydrogens (tertiary/aromatic N) is 1. The van der Waals surface area contributed by atoms with Gasteiger partial charge in [-0.3, -0.25) is 19.3 Å². The monoisotopic (exact) mass is 741 g/mol. The van der Waals surface area contributed by atoms with Crippen molar-refractivity contribution in [2.75, 3.05) is 7.11 Å². The maximum atomic E-state index is 14.0. The topological polar surface area (TPSA) is 104 Å². The summed E-state index contributed by atoms with van der Waals surface area (Å²) in [4.78, 5) is 46.8. The highest BCUT2D eigenvalue weighted by molar-refractivity contribution is 9.10. The summed E-state index contributed by atoms with van der Waals surface area (Å²) in [7, 11) is 1.61. The van der Waals surface area contributed by atoms with Crippen molar-refractivity contribution < 1.29 is 23.9 Å². The molecule has 0 radical (unpaired) electrons. The highest BCUT2D eigenvalue weighted by atomic mass is 79.9. The molecule has 2 amide bonds. The quantitative estimate of drug-likeness (QED) is 0.107. The summed E-state index contributed by atoms with van der Waals surface area (Å²) >= 11 is 7.13. The Bertz CT molecular complexity index is 2120. The van der Waals surface area contributed by atoms with Crippen LogP contribution in [0.1, 0.15) is 52.5 Å². The Morgan fingerprint density at radius 1 is 0.870 bits per heavy atom. The molecule has 0 fully saturated rings. The lowest BCUT2D eigenvalue weighted by molar-refractivity contribution is -0.144. The highest BCUT2D eigenvalue weighted by Gasteiger charge is 2.41. The third-order valence-corrected chi connectivity index (χ3v) is 9.45. The van der Waals surface area contributed by atoms with E-state index in [1.807, 2.05) is 66.7 Å². The van der Waals surface area contributed by atoms with Gasteiger partial charge in [0.15, 0.2) is 0 Å². The van der Waals surface area contributed by atoms with Gasteiger partial charge < -0.3 is 19.4 Å². The number of carbonyl (C=O) groups is 3. The number of benzene rings is 4. The zero-order valence-corrected chi connectivity index (χ0v) is 28.3. The molecule has 2 aromatic heterocycles. The first kappa shape index (κ1) is 30.3. The number of esters is 1. The average molecular weight is 743 g/mol. The number of hydrogen-bond donors (Lipinski definition) is 2. The van der Waals surface area contributed by atoms with E-state index in [1.54, 1.807) is 7.11 Å². The van der Waals surface area contributed by atoms with Crippen LogP contribution in [0.25, 0.3) is 43.6 Å². The number of H-pyrrole nitrogens is 2. The second kappa shape index (κ2) is 12.1. The van der Waals surface area contributed by atoms with E-state index in [0.29, 0.717) is 11.1 Å². The first-order chi connectivity index (χ1) is 22.2. The first-order valence-electron chi connectivity index (χ1n) is 14.9. The molecule has 1 aliphatic heterocycles. The standard InChI is InChI=1S/C28H17Br2N3O3.C8H12O2/c1-36-16-6-2-13(3-7-16)12-33-27(34)23-21-17-10-14(29)4-8-19(17)31-25(21)26-22(24(23)28(33)35)18-11-15(30)5-9-20(18)32-26;1-7(9)10-8-5-3-2-4-6-8/h2-11,31-32H,12H2,1H3;3,5,8H,2,4,6H2,1H3. The molecule has 2 N–H and O–H groups in total. The number of aromatic nitrogens is 2. The van der Waals surface area contributed by atoms with Crippen LogP contribution in [-0.2, 0) is 16.1 Å². The van der Waals surface area contributed by atoms with E-state index in [2.05, 4.69) is 47.9 Å². The summed E-state index contributed by atoms with van der Waals surface area (Å²) in [5.74, 6) is -0.0410. The summed E-state index contributed by atoms with van der Waals surface area (Å²) in [5, 5.41) is 3.31. The molecule has 2 aliphatic rings. The van der Waals surface area contributed by atoms with Gasteiger partial charge in [0, 0.05) is 48.4 Å². The number of aromatic amines is 2. The number of allylic oxidation sites excluding steroid dienone is 1.